The number of aromatic nitrogens is 2. The average molecular weight is 287 g/mol. The van der Waals surface area contributed by atoms with E-state index in [-0.39, 0.29) is 0 Å². The third-order valence-corrected chi connectivity index (χ3v) is 3.70. The fraction of sp³-hybridized carbons (Fsp3) is 0.769. The zero-order chi connectivity index (χ0) is 11.8. The van der Waals surface area contributed by atoms with Gasteiger partial charge in [-0.3, -0.25) is 0 Å². The molecule has 92 valence electrons. The quantitative estimate of drug-likeness (QED) is 0.656. The van der Waals surface area contributed by atoms with Crippen LogP contribution in [0.5, 0.6) is 0 Å². The lowest BCUT2D eigenvalue weighted by molar-refractivity contribution is 0.597. The Bertz CT molecular complexity index is 283. The molecule has 1 rings (SSSR count). The molecule has 1 aromatic rings. The third-order valence-electron chi connectivity index (χ3n) is 2.79. The number of alkyl halides is 1. The van der Waals surface area contributed by atoms with Crippen LogP contribution in [0, 0.1) is 0 Å². The highest BCUT2D eigenvalue weighted by atomic mass is 79.9. The number of nitrogens with zero attached hydrogens (tertiary/aromatic N) is 2. The van der Waals surface area contributed by atoms with E-state index < -0.39 is 0 Å². The van der Waals surface area contributed by atoms with Crippen molar-refractivity contribution in [3.05, 3.63) is 18.2 Å². The van der Waals surface area contributed by atoms with Gasteiger partial charge in [0.1, 0.15) is 5.82 Å². The Morgan fingerprint density at radius 1 is 1.31 bits per heavy atom. The Balaban J connectivity index is 2.28. The molecule has 0 aliphatic heterocycles. The molecule has 1 aromatic heterocycles. The molecular formula is C13H23BrN2. The normalized spacial score (nSPS) is 12.9. The van der Waals surface area contributed by atoms with Gasteiger partial charge in [0.05, 0.1) is 0 Å². The number of imidazole rings is 1. The summed E-state index contributed by atoms with van der Waals surface area (Å²) in [5.74, 6) is 1.25. The molecule has 0 spiro atoms. The summed E-state index contributed by atoms with van der Waals surface area (Å²) in [6, 6.07) is 0. The first-order valence-electron chi connectivity index (χ1n) is 6.42. The van der Waals surface area contributed by atoms with Crippen molar-refractivity contribution in [3.8, 4) is 0 Å². The Morgan fingerprint density at radius 3 is 2.81 bits per heavy atom. The van der Waals surface area contributed by atoms with Gasteiger partial charge in [0.15, 0.2) is 0 Å². The SMILES string of the molecule is CCCC(Br)CCCc1nccn1CCC. The molecule has 0 radical (unpaired) electrons. The summed E-state index contributed by atoms with van der Waals surface area (Å²) in [5, 5.41) is 0. The summed E-state index contributed by atoms with van der Waals surface area (Å²) in [5.41, 5.74) is 0. The van der Waals surface area contributed by atoms with Crippen LogP contribution in [0.3, 0.4) is 0 Å². The van der Waals surface area contributed by atoms with Gasteiger partial charge in [-0.15, -0.1) is 0 Å². The van der Waals surface area contributed by atoms with Crippen LogP contribution in [-0.4, -0.2) is 14.4 Å². The first-order valence-corrected chi connectivity index (χ1v) is 7.33. The Labute approximate surface area is 108 Å². The molecule has 0 saturated heterocycles. The van der Waals surface area contributed by atoms with Crippen LogP contribution in [0.15, 0.2) is 12.4 Å². The number of rotatable bonds is 8. The first kappa shape index (κ1) is 13.8. The van der Waals surface area contributed by atoms with Crippen LogP contribution >= 0.6 is 15.9 Å². The molecule has 0 bridgehead atoms. The highest BCUT2D eigenvalue weighted by molar-refractivity contribution is 9.09. The van der Waals surface area contributed by atoms with E-state index >= 15 is 0 Å². The van der Waals surface area contributed by atoms with Gasteiger partial charge in [0, 0.05) is 30.2 Å². The topological polar surface area (TPSA) is 17.8 Å². The highest BCUT2D eigenvalue weighted by Gasteiger charge is 2.05. The number of halogens is 1. The van der Waals surface area contributed by atoms with Crippen LogP contribution in [0.2, 0.25) is 0 Å². The van der Waals surface area contributed by atoms with Crippen LogP contribution in [0.4, 0.5) is 0 Å². The molecule has 0 fully saturated rings. The van der Waals surface area contributed by atoms with E-state index in [0.29, 0.717) is 4.83 Å². The Kier molecular flexibility index (Phi) is 6.78. The lowest BCUT2D eigenvalue weighted by Crippen LogP contribution is -2.04. The molecule has 0 aromatic carbocycles. The van der Waals surface area contributed by atoms with Crippen molar-refractivity contribution in [1.82, 2.24) is 9.55 Å². The number of aryl methyl sites for hydroxylation is 2. The third kappa shape index (κ3) is 4.69. The van der Waals surface area contributed by atoms with Crippen molar-refractivity contribution in [2.45, 2.75) is 63.7 Å². The second-order valence-electron chi connectivity index (χ2n) is 4.32. The lowest BCUT2D eigenvalue weighted by Gasteiger charge is -2.09. The summed E-state index contributed by atoms with van der Waals surface area (Å²) >= 11 is 3.72. The molecule has 2 nitrogen and oxygen atoms in total. The molecule has 0 aliphatic carbocycles. The van der Waals surface area contributed by atoms with E-state index in [1.54, 1.807) is 0 Å². The molecule has 3 heteroatoms. The van der Waals surface area contributed by atoms with E-state index in [9.17, 15) is 0 Å². The van der Waals surface area contributed by atoms with Crippen LogP contribution in [0.1, 0.15) is 51.8 Å². The van der Waals surface area contributed by atoms with Gasteiger partial charge >= 0.3 is 0 Å². The van der Waals surface area contributed by atoms with E-state index in [2.05, 4.69) is 45.5 Å². The van der Waals surface area contributed by atoms with Gasteiger partial charge in [-0.1, -0.05) is 36.2 Å². The molecule has 1 heterocycles. The smallest absolute Gasteiger partial charge is 0.108 e. The van der Waals surface area contributed by atoms with Crippen molar-refractivity contribution < 1.29 is 0 Å². The van der Waals surface area contributed by atoms with E-state index in [1.165, 1.54) is 37.9 Å². The fourth-order valence-corrected chi connectivity index (χ4v) is 2.73. The summed E-state index contributed by atoms with van der Waals surface area (Å²) in [6.07, 6.45) is 11.3. The minimum Gasteiger partial charge on any atom is -0.335 e. The van der Waals surface area contributed by atoms with Gasteiger partial charge in [-0.05, 0) is 25.7 Å². The minimum absolute atomic E-state index is 0.687. The summed E-state index contributed by atoms with van der Waals surface area (Å²) in [7, 11) is 0. The fourth-order valence-electron chi connectivity index (χ4n) is 1.95. The van der Waals surface area contributed by atoms with Gasteiger partial charge in [-0.25, -0.2) is 4.98 Å². The zero-order valence-corrected chi connectivity index (χ0v) is 12.0. The maximum absolute atomic E-state index is 4.43. The van der Waals surface area contributed by atoms with Crippen molar-refractivity contribution in [3.63, 3.8) is 0 Å². The second-order valence-corrected chi connectivity index (χ2v) is 5.61. The molecular weight excluding hydrogens is 264 g/mol. The molecule has 0 saturated carbocycles. The van der Waals surface area contributed by atoms with E-state index in [4.69, 9.17) is 0 Å². The van der Waals surface area contributed by atoms with Crippen LogP contribution < -0.4 is 0 Å². The Morgan fingerprint density at radius 2 is 2.12 bits per heavy atom. The molecule has 0 N–H and O–H groups in total. The van der Waals surface area contributed by atoms with Crippen LogP contribution in [0.25, 0.3) is 0 Å². The molecule has 1 unspecified atom stereocenters. The average Bonchev–Trinajstić information content (AvgIpc) is 2.67. The molecule has 0 aliphatic rings. The maximum Gasteiger partial charge on any atom is 0.108 e. The van der Waals surface area contributed by atoms with Crippen molar-refractivity contribution in [2.75, 3.05) is 0 Å². The van der Waals surface area contributed by atoms with Crippen molar-refractivity contribution in [2.24, 2.45) is 0 Å². The predicted octanol–water partition coefficient (Wildman–Crippen LogP) is 4.18. The maximum atomic E-state index is 4.43. The lowest BCUT2D eigenvalue weighted by atomic mass is 10.1. The van der Waals surface area contributed by atoms with Crippen LogP contribution in [-0.2, 0) is 13.0 Å². The second kappa shape index (κ2) is 7.88. The van der Waals surface area contributed by atoms with Gasteiger partial charge < -0.3 is 4.57 Å². The zero-order valence-electron chi connectivity index (χ0n) is 10.5. The number of hydrogen-bond donors (Lipinski definition) is 0. The monoisotopic (exact) mass is 286 g/mol. The summed E-state index contributed by atoms with van der Waals surface area (Å²) < 4.78 is 2.28. The first-order chi connectivity index (χ1) is 7.77. The van der Waals surface area contributed by atoms with Crippen molar-refractivity contribution >= 4 is 15.9 Å². The highest BCUT2D eigenvalue weighted by Crippen LogP contribution is 2.15. The molecule has 1 atom stereocenters. The summed E-state index contributed by atoms with van der Waals surface area (Å²) in [6.45, 7) is 5.55. The van der Waals surface area contributed by atoms with Gasteiger partial charge in [0.2, 0.25) is 0 Å². The Hall–Kier alpha value is -0.310. The number of hydrogen-bond acceptors (Lipinski definition) is 1. The van der Waals surface area contributed by atoms with Gasteiger partial charge in [0.25, 0.3) is 0 Å². The summed E-state index contributed by atoms with van der Waals surface area (Å²) in [4.78, 5) is 5.11. The van der Waals surface area contributed by atoms with E-state index in [1.807, 2.05) is 6.20 Å². The van der Waals surface area contributed by atoms with Gasteiger partial charge in [-0.2, -0.15) is 0 Å². The minimum atomic E-state index is 0.687. The predicted molar refractivity (Wildman–Crippen MR) is 73.1 cm³/mol. The molecule has 16 heavy (non-hydrogen) atoms. The standard InChI is InChI=1S/C13H23BrN2/c1-3-6-12(14)7-5-8-13-15-9-11-16(13)10-4-2/h9,11-12H,3-8,10H2,1-2H3. The van der Waals surface area contributed by atoms with Crippen molar-refractivity contribution in [1.29, 1.82) is 0 Å². The van der Waals surface area contributed by atoms with E-state index in [0.717, 1.165) is 13.0 Å². The largest absolute Gasteiger partial charge is 0.335 e. The molecule has 0 amide bonds.